The average Bonchev–Trinajstić information content (AvgIpc) is 2.00. The number of allylic oxidation sites excluding steroid dienone is 1. The van der Waals surface area contributed by atoms with E-state index in [4.69, 9.17) is 11.5 Å². The van der Waals surface area contributed by atoms with E-state index in [-0.39, 0.29) is 0 Å². The summed E-state index contributed by atoms with van der Waals surface area (Å²) in [7, 11) is 0. The van der Waals surface area contributed by atoms with Crippen LogP contribution in [-0.2, 0) is 0 Å². The molecule has 1 rings (SSSR count). The minimum Gasteiger partial charge on any atom is -0.310 e. The highest BCUT2D eigenvalue weighted by molar-refractivity contribution is 5.21. The first kappa shape index (κ1) is 9.75. The van der Waals surface area contributed by atoms with Gasteiger partial charge in [0.1, 0.15) is 0 Å². The van der Waals surface area contributed by atoms with Crippen LogP contribution in [0, 0.1) is 0 Å². The minimum atomic E-state index is -0.537. The molecule has 0 saturated carbocycles. The summed E-state index contributed by atoms with van der Waals surface area (Å²) in [5, 5.41) is 0. The van der Waals surface area contributed by atoms with Gasteiger partial charge in [-0.25, -0.2) is 0 Å². The molecule has 0 aromatic rings. The summed E-state index contributed by atoms with van der Waals surface area (Å²) in [5.74, 6) is 0. The second kappa shape index (κ2) is 3.58. The lowest BCUT2D eigenvalue weighted by Crippen LogP contribution is -2.51. The van der Waals surface area contributed by atoms with E-state index in [1.54, 1.807) is 0 Å². The third-order valence-electron chi connectivity index (χ3n) is 2.98. The van der Waals surface area contributed by atoms with Crippen molar-refractivity contribution in [2.75, 3.05) is 0 Å². The largest absolute Gasteiger partial charge is 0.310 e. The van der Waals surface area contributed by atoms with Crippen molar-refractivity contribution in [2.24, 2.45) is 11.5 Å². The molecule has 2 nitrogen and oxygen atoms in total. The highest BCUT2D eigenvalue weighted by Crippen LogP contribution is 2.25. The molecule has 70 valence electrons. The molecule has 0 atom stereocenters. The molecule has 0 amide bonds. The first-order valence-electron chi connectivity index (χ1n) is 4.78. The molecular formula is C10H20N2. The molecule has 0 aromatic heterocycles. The number of rotatable bonds is 0. The Bertz CT molecular complexity index is 192. The lowest BCUT2D eigenvalue weighted by Gasteiger charge is -2.29. The van der Waals surface area contributed by atoms with Gasteiger partial charge < -0.3 is 11.5 Å². The predicted molar refractivity (Wildman–Crippen MR) is 52.6 cm³/mol. The van der Waals surface area contributed by atoms with Crippen LogP contribution in [0.1, 0.15) is 46.0 Å². The third-order valence-corrected chi connectivity index (χ3v) is 2.98. The Morgan fingerprint density at radius 2 is 1.75 bits per heavy atom. The van der Waals surface area contributed by atoms with Gasteiger partial charge in [-0.1, -0.05) is 12.0 Å². The van der Waals surface area contributed by atoms with E-state index < -0.39 is 5.66 Å². The molecule has 0 aliphatic heterocycles. The number of hydrogen-bond donors (Lipinski definition) is 2. The molecule has 0 heterocycles. The van der Waals surface area contributed by atoms with Crippen LogP contribution in [0.2, 0.25) is 0 Å². The summed E-state index contributed by atoms with van der Waals surface area (Å²) in [6.07, 6.45) is 5.82. The SMILES string of the molecule is C/C1=C(\C)C(N)(N)CCCCC1. The maximum atomic E-state index is 6.00. The first-order chi connectivity index (χ1) is 5.54. The summed E-state index contributed by atoms with van der Waals surface area (Å²) in [4.78, 5) is 0. The lowest BCUT2D eigenvalue weighted by molar-refractivity contribution is 0.430. The van der Waals surface area contributed by atoms with E-state index in [1.807, 2.05) is 0 Å². The molecule has 0 unspecified atom stereocenters. The first-order valence-corrected chi connectivity index (χ1v) is 4.78. The standard InChI is InChI=1S/C10H20N2/c1-8-6-4-3-5-7-10(11,12)9(8)2/h3-7,11-12H2,1-2H3/b9-8-. The zero-order valence-electron chi connectivity index (χ0n) is 8.19. The minimum absolute atomic E-state index is 0.537. The highest BCUT2D eigenvalue weighted by atomic mass is 15.0. The molecule has 12 heavy (non-hydrogen) atoms. The monoisotopic (exact) mass is 168 g/mol. The van der Waals surface area contributed by atoms with Crippen LogP contribution in [0.3, 0.4) is 0 Å². The molecule has 0 fully saturated rings. The normalized spacial score (nSPS) is 31.0. The van der Waals surface area contributed by atoms with Gasteiger partial charge in [0.25, 0.3) is 0 Å². The zero-order chi connectivity index (χ0) is 9.19. The fourth-order valence-electron chi connectivity index (χ4n) is 1.76. The van der Waals surface area contributed by atoms with Crippen molar-refractivity contribution in [3.8, 4) is 0 Å². The van der Waals surface area contributed by atoms with Crippen molar-refractivity contribution in [3.63, 3.8) is 0 Å². The highest BCUT2D eigenvalue weighted by Gasteiger charge is 2.23. The van der Waals surface area contributed by atoms with E-state index in [0.29, 0.717) is 0 Å². The Labute approximate surface area is 75.0 Å². The van der Waals surface area contributed by atoms with E-state index in [1.165, 1.54) is 30.4 Å². The number of hydrogen-bond acceptors (Lipinski definition) is 2. The predicted octanol–water partition coefficient (Wildman–Crippen LogP) is 1.90. The van der Waals surface area contributed by atoms with Crippen LogP contribution >= 0.6 is 0 Å². The van der Waals surface area contributed by atoms with Crippen molar-refractivity contribution in [1.29, 1.82) is 0 Å². The van der Waals surface area contributed by atoms with Crippen molar-refractivity contribution in [2.45, 2.75) is 51.6 Å². The molecule has 0 spiro atoms. The molecular weight excluding hydrogens is 148 g/mol. The summed E-state index contributed by atoms with van der Waals surface area (Å²) in [6, 6.07) is 0. The molecule has 0 aromatic carbocycles. The Hall–Kier alpha value is -0.340. The second-order valence-corrected chi connectivity index (χ2v) is 4.01. The van der Waals surface area contributed by atoms with Gasteiger partial charge in [0.05, 0.1) is 5.66 Å². The van der Waals surface area contributed by atoms with Crippen LogP contribution < -0.4 is 11.5 Å². The van der Waals surface area contributed by atoms with Crippen LogP contribution in [0.25, 0.3) is 0 Å². The molecule has 4 N–H and O–H groups in total. The summed E-state index contributed by atoms with van der Waals surface area (Å²) >= 11 is 0. The average molecular weight is 168 g/mol. The van der Waals surface area contributed by atoms with Crippen LogP contribution in [-0.4, -0.2) is 5.66 Å². The summed E-state index contributed by atoms with van der Waals surface area (Å²) in [6.45, 7) is 4.22. The van der Waals surface area contributed by atoms with E-state index in [2.05, 4.69) is 13.8 Å². The van der Waals surface area contributed by atoms with Crippen molar-refractivity contribution in [3.05, 3.63) is 11.1 Å². The van der Waals surface area contributed by atoms with Gasteiger partial charge >= 0.3 is 0 Å². The Morgan fingerprint density at radius 3 is 2.42 bits per heavy atom. The molecule has 0 radical (unpaired) electrons. The lowest BCUT2D eigenvalue weighted by atomic mass is 9.87. The maximum Gasteiger partial charge on any atom is 0.0858 e. The summed E-state index contributed by atoms with van der Waals surface area (Å²) in [5.41, 5.74) is 14.1. The molecule has 0 saturated heterocycles. The molecule has 1 aliphatic carbocycles. The van der Waals surface area contributed by atoms with Gasteiger partial charge in [-0.3, -0.25) is 0 Å². The zero-order valence-corrected chi connectivity index (χ0v) is 8.19. The summed E-state index contributed by atoms with van der Waals surface area (Å²) < 4.78 is 0. The van der Waals surface area contributed by atoms with Gasteiger partial charge in [0.2, 0.25) is 0 Å². The molecule has 2 heteroatoms. The quantitative estimate of drug-likeness (QED) is 0.429. The smallest absolute Gasteiger partial charge is 0.0858 e. The van der Waals surface area contributed by atoms with Crippen molar-refractivity contribution < 1.29 is 0 Å². The topological polar surface area (TPSA) is 52.0 Å². The van der Waals surface area contributed by atoms with Crippen LogP contribution in [0.15, 0.2) is 11.1 Å². The maximum absolute atomic E-state index is 6.00. The fraction of sp³-hybridized carbons (Fsp3) is 0.800. The van der Waals surface area contributed by atoms with Crippen LogP contribution in [0.5, 0.6) is 0 Å². The van der Waals surface area contributed by atoms with Gasteiger partial charge in [-0.05, 0) is 45.1 Å². The Morgan fingerprint density at radius 1 is 1.08 bits per heavy atom. The van der Waals surface area contributed by atoms with Gasteiger partial charge in [0.15, 0.2) is 0 Å². The third kappa shape index (κ3) is 2.08. The Balaban J connectivity index is 2.84. The second-order valence-electron chi connectivity index (χ2n) is 4.01. The van der Waals surface area contributed by atoms with Crippen molar-refractivity contribution in [1.82, 2.24) is 0 Å². The number of nitrogens with two attached hydrogens (primary N) is 2. The Kier molecular flexibility index (Phi) is 2.91. The van der Waals surface area contributed by atoms with Gasteiger partial charge in [0, 0.05) is 0 Å². The van der Waals surface area contributed by atoms with Gasteiger partial charge in [-0.15, -0.1) is 0 Å². The van der Waals surface area contributed by atoms with Gasteiger partial charge in [-0.2, -0.15) is 0 Å². The molecule has 1 aliphatic rings. The van der Waals surface area contributed by atoms with E-state index >= 15 is 0 Å². The van der Waals surface area contributed by atoms with E-state index in [9.17, 15) is 0 Å². The molecule has 0 bridgehead atoms. The van der Waals surface area contributed by atoms with E-state index in [0.717, 1.165) is 12.8 Å². The van der Waals surface area contributed by atoms with Crippen LogP contribution in [0.4, 0.5) is 0 Å². The fourth-order valence-corrected chi connectivity index (χ4v) is 1.76. The van der Waals surface area contributed by atoms with Crippen molar-refractivity contribution >= 4 is 0 Å².